The highest BCUT2D eigenvalue weighted by molar-refractivity contribution is 5.94. The van der Waals surface area contributed by atoms with Crippen molar-refractivity contribution in [1.29, 1.82) is 0 Å². The molecule has 1 aliphatic rings. The fourth-order valence-corrected chi connectivity index (χ4v) is 2.54. The van der Waals surface area contributed by atoms with Gasteiger partial charge in [0, 0.05) is 18.3 Å². The topological polar surface area (TPSA) is 84.7 Å². The summed E-state index contributed by atoms with van der Waals surface area (Å²) in [4.78, 5) is 24.8. The molecule has 1 saturated heterocycles. The van der Waals surface area contributed by atoms with Crippen LogP contribution >= 0.6 is 0 Å². The Morgan fingerprint density at radius 1 is 1.19 bits per heavy atom. The third kappa shape index (κ3) is 3.69. The first-order chi connectivity index (χ1) is 12.3. The lowest BCUT2D eigenvalue weighted by Gasteiger charge is -2.30. The predicted molar refractivity (Wildman–Crippen MR) is 81.8 cm³/mol. The van der Waals surface area contributed by atoms with E-state index in [4.69, 9.17) is 9.84 Å². The molecule has 0 aliphatic carbocycles. The second-order valence-corrected chi connectivity index (χ2v) is 5.64. The summed E-state index contributed by atoms with van der Waals surface area (Å²) in [6.45, 7) is 0.316. The lowest BCUT2D eigenvalue weighted by atomic mass is 10.1. The van der Waals surface area contributed by atoms with Crippen LogP contribution in [0.2, 0.25) is 0 Å². The summed E-state index contributed by atoms with van der Waals surface area (Å²) < 4.78 is 43.9. The van der Waals surface area contributed by atoms with Gasteiger partial charge < -0.3 is 14.7 Å². The molecule has 7 nitrogen and oxygen atoms in total. The van der Waals surface area contributed by atoms with Gasteiger partial charge >= 0.3 is 12.1 Å². The molecule has 0 radical (unpaired) electrons. The molecule has 1 N–H and O–H groups in total. The standard InChI is InChI=1S/C16H14F3N3O4/c17-16(18,19)13-5-6-22(20-13)11-3-1-10(2-4-11)14(23)21-7-8-26-12(9-21)15(24)25/h1-6,12H,7-9H2,(H,24,25)/t12-/m1/s1. The van der Waals surface area contributed by atoms with E-state index in [1.54, 1.807) is 0 Å². The van der Waals surface area contributed by atoms with E-state index < -0.39 is 23.9 Å². The lowest BCUT2D eigenvalue weighted by Crippen LogP contribution is -2.48. The molecule has 0 saturated carbocycles. The molecule has 0 unspecified atom stereocenters. The number of nitrogens with zero attached hydrogens (tertiary/aromatic N) is 3. The van der Waals surface area contributed by atoms with Crippen LogP contribution in [0.1, 0.15) is 16.1 Å². The fourth-order valence-electron chi connectivity index (χ4n) is 2.54. The van der Waals surface area contributed by atoms with Crippen LogP contribution in [-0.4, -0.2) is 57.5 Å². The van der Waals surface area contributed by atoms with Gasteiger partial charge in [-0.25, -0.2) is 9.48 Å². The number of hydrogen-bond acceptors (Lipinski definition) is 4. The maximum absolute atomic E-state index is 12.6. The first kappa shape index (κ1) is 17.9. The first-order valence-electron chi connectivity index (χ1n) is 7.62. The second-order valence-electron chi connectivity index (χ2n) is 5.64. The predicted octanol–water partition coefficient (Wildman–Crippen LogP) is 1.82. The summed E-state index contributed by atoms with van der Waals surface area (Å²) in [7, 11) is 0. The zero-order valence-electron chi connectivity index (χ0n) is 13.3. The Bertz CT molecular complexity index is 817. The van der Waals surface area contributed by atoms with Crippen LogP contribution in [0.4, 0.5) is 13.2 Å². The third-order valence-electron chi connectivity index (χ3n) is 3.89. The van der Waals surface area contributed by atoms with E-state index in [1.807, 2.05) is 0 Å². The minimum atomic E-state index is -4.53. The Hall–Kier alpha value is -2.88. The van der Waals surface area contributed by atoms with E-state index in [1.165, 1.54) is 35.4 Å². The summed E-state index contributed by atoms with van der Waals surface area (Å²) in [6.07, 6.45) is -4.42. The first-order valence-corrected chi connectivity index (χ1v) is 7.62. The lowest BCUT2D eigenvalue weighted by molar-refractivity contribution is -0.154. The summed E-state index contributed by atoms with van der Waals surface area (Å²) >= 11 is 0. The Balaban J connectivity index is 1.74. The summed E-state index contributed by atoms with van der Waals surface area (Å²) in [5, 5.41) is 12.4. The van der Waals surface area contributed by atoms with Crippen LogP contribution in [-0.2, 0) is 15.7 Å². The molecule has 10 heteroatoms. The van der Waals surface area contributed by atoms with Crippen molar-refractivity contribution in [2.45, 2.75) is 12.3 Å². The highest BCUT2D eigenvalue weighted by atomic mass is 19.4. The maximum atomic E-state index is 12.6. The van der Waals surface area contributed by atoms with Crippen LogP contribution in [0.15, 0.2) is 36.5 Å². The zero-order chi connectivity index (χ0) is 18.9. The number of benzene rings is 1. The van der Waals surface area contributed by atoms with Crippen LogP contribution in [0.3, 0.4) is 0 Å². The number of aromatic nitrogens is 2. The molecular formula is C16H14F3N3O4. The number of carbonyl (C=O) groups is 2. The van der Waals surface area contributed by atoms with Gasteiger partial charge in [0.05, 0.1) is 18.8 Å². The molecule has 1 amide bonds. The zero-order valence-corrected chi connectivity index (χ0v) is 13.3. The van der Waals surface area contributed by atoms with Crippen molar-refractivity contribution in [2.75, 3.05) is 19.7 Å². The molecule has 0 bridgehead atoms. The third-order valence-corrected chi connectivity index (χ3v) is 3.89. The number of aliphatic carboxylic acids is 1. The fraction of sp³-hybridized carbons (Fsp3) is 0.312. The minimum Gasteiger partial charge on any atom is -0.479 e. The number of carboxylic acid groups (broad SMARTS) is 1. The molecule has 26 heavy (non-hydrogen) atoms. The molecule has 1 atom stereocenters. The summed E-state index contributed by atoms with van der Waals surface area (Å²) in [6, 6.07) is 6.71. The van der Waals surface area contributed by atoms with Gasteiger partial charge in [-0.3, -0.25) is 4.79 Å². The Morgan fingerprint density at radius 2 is 1.88 bits per heavy atom. The number of alkyl halides is 3. The molecule has 1 aliphatic heterocycles. The van der Waals surface area contributed by atoms with Gasteiger partial charge in [-0.1, -0.05) is 0 Å². The van der Waals surface area contributed by atoms with Gasteiger partial charge in [0.25, 0.3) is 5.91 Å². The van der Waals surface area contributed by atoms with Gasteiger partial charge in [-0.15, -0.1) is 0 Å². The molecule has 1 aromatic heterocycles. The maximum Gasteiger partial charge on any atom is 0.435 e. The molecule has 1 fully saturated rings. The van der Waals surface area contributed by atoms with Crippen LogP contribution < -0.4 is 0 Å². The van der Waals surface area contributed by atoms with E-state index in [9.17, 15) is 22.8 Å². The molecule has 0 spiro atoms. The van der Waals surface area contributed by atoms with Crippen LogP contribution in [0, 0.1) is 0 Å². The van der Waals surface area contributed by atoms with E-state index in [2.05, 4.69) is 5.10 Å². The van der Waals surface area contributed by atoms with E-state index in [0.717, 1.165) is 10.7 Å². The minimum absolute atomic E-state index is 0.0655. The largest absolute Gasteiger partial charge is 0.479 e. The molecule has 3 rings (SSSR count). The van der Waals surface area contributed by atoms with Crippen LogP contribution in [0.25, 0.3) is 5.69 Å². The number of carboxylic acids is 1. The molecule has 2 heterocycles. The highest BCUT2D eigenvalue weighted by Gasteiger charge is 2.33. The second kappa shape index (κ2) is 6.79. The van der Waals surface area contributed by atoms with Crippen molar-refractivity contribution in [1.82, 2.24) is 14.7 Å². The van der Waals surface area contributed by atoms with Crippen molar-refractivity contribution < 1.29 is 32.6 Å². The summed E-state index contributed by atoms with van der Waals surface area (Å²) in [5.74, 6) is -1.51. The van der Waals surface area contributed by atoms with Crippen molar-refractivity contribution in [3.05, 3.63) is 47.8 Å². The number of morpholine rings is 1. The van der Waals surface area contributed by atoms with E-state index >= 15 is 0 Å². The van der Waals surface area contributed by atoms with Gasteiger partial charge in [0.2, 0.25) is 0 Å². The van der Waals surface area contributed by atoms with Crippen molar-refractivity contribution in [2.24, 2.45) is 0 Å². The number of carbonyl (C=O) groups excluding carboxylic acids is 1. The highest BCUT2D eigenvalue weighted by Crippen LogP contribution is 2.27. The van der Waals surface area contributed by atoms with Crippen molar-refractivity contribution in [3.8, 4) is 5.69 Å². The quantitative estimate of drug-likeness (QED) is 0.892. The Kier molecular flexibility index (Phi) is 4.68. The van der Waals surface area contributed by atoms with Crippen LogP contribution in [0.5, 0.6) is 0 Å². The average Bonchev–Trinajstić information content (AvgIpc) is 3.12. The van der Waals surface area contributed by atoms with Gasteiger partial charge in [0.1, 0.15) is 0 Å². The van der Waals surface area contributed by atoms with E-state index in [-0.39, 0.29) is 25.6 Å². The monoisotopic (exact) mass is 369 g/mol. The smallest absolute Gasteiger partial charge is 0.435 e. The Morgan fingerprint density at radius 3 is 2.46 bits per heavy atom. The average molecular weight is 369 g/mol. The SMILES string of the molecule is O=C(O)[C@H]1CN(C(=O)c2ccc(-n3ccc(C(F)(F)F)n3)cc2)CCO1. The number of rotatable bonds is 3. The number of ether oxygens (including phenoxy) is 1. The van der Waals surface area contributed by atoms with Crippen molar-refractivity contribution >= 4 is 11.9 Å². The van der Waals surface area contributed by atoms with Crippen molar-refractivity contribution in [3.63, 3.8) is 0 Å². The molecule has 2 aromatic rings. The van der Waals surface area contributed by atoms with Gasteiger partial charge in [-0.2, -0.15) is 18.3 Å². The number of halogens is 3. The van der Waals surface area contributed by atoms with E-state index in [0.29, 0.717) is 11.3 Å². The molecule has 138 valence electrons. The summed E-state index contributed by atoms with van der Waals surface area (Å²) in [5.41, 5.74) is -0.351. The normalized spacial score (nSPS) is 18.0. The van der Waals surface area contributed by atoms with Gasteiger partial charge in [0.15, 0.2) is 11.8 Å². The molecule has 1 aromatic carbocycles. The van der Waals surface area contributed by atoms with Gasteiger partial charge in [-0.05, 0) is 30.3 Å². The number of hydrogen-bond donors (Lipinski definition) is 1. The molecular weight excluding hydrogens is 355 g/mol. The number of amides is 1. The Labute approximate surface area is 145 Å².